The molecule has 0 amide bonds. The van der Waals surface area contributed by atoms with Crippen LogP contribution in [-0.2, 0) is 14.3 Å². The van der Waals surface area contributed by atoms with Gasteiger partial charge in [0.05, 0.1) is 11.3 Å². The monoisotopic (exact) mass is 228 g/mol. The highest BCUT2D eigenvalue weighted by Gasteiger charge is 2.38. The van der Waals surface area contributed by atoms with E-state index >= 15 is 0 Å². The maximum absolute atomic E-state index is 11.7. The number of esters is 1. The smallest absolute Gasteiger partial charge is 0.311 e. The highest BCUT2D eigenvalue weighted by molar-refractivity contribution is 5.86. The Bertz CT molecular complexity index is 290. The molecule has 1 N–H and O–H groups in total. The highest BCUT2D eigenvalue weighted by Crippen LogP contribution is 2.27. The molecule has 0 saturated heterocycles. The number of ether oxygens (including phenoxy) is 1. The van der Waals surface area contributed by atoms with Crippen molar-refractivity contribution in [1.29, 1.82) is 0 Å². The second kappa shape index (κ2) is 4.53. The van der Waals surface area contributed by atoms with E-state index in [9.17, 15) is 14.7 Å². The Kier molecular flexibility index (Phi) is 3.73. The van der Waals surface area contributed by atoms with Crippen molar-refractivity contribution < 1.29 is 19.4 Å². The molecule has 1 aliphatic carbocycles. The molecule has 1 fully saturated rings. The summed E-state index contributed by atoms with van der Waals surface area (Å²) in [5.74, 6) is -0.929. The van der Waals surface area contributed by atoms with Crippen molar-refractivity contribution in [1.82, 2.24) is 0 Å². The minimum atomic E-state index is -0.889. The summed E-state index contributed by atoms with van der Waals surface area (Å²) in [6.07, 6.45) is -0.344. The Morgan fingerprint density at radius 2 is 1.94 bits per heavy atom. The molecule has 1 saturated carbocycles. The first-order valence-corrected chi connectivity index (χ1v) is 5.66. The van der Waals surface area contributed by atoms with E-state index in [2.05, 4.69) is 0 Å². The Labute approximate surface area is 96.0 Å². The van der Waals surface area contributed by atoms with Crippen LogP contribution < -0.4 is 0 Å². The lowest BCUT2D eigenvalue weighted by Crippen LogP contribution is -2.43. The van der Waals surface area contributed by atoms with Gasteiger partial charge in [-0.3, -0.25) is 9.59 Å². The summed E-state index contributed by atoms with van der Waals surface area (Å²) < 4.78 is 5.32. The van der Waals surface area contributed by atoms with Gasteiger partial charge in [-0.15, -0.1) is 0 Å². The summed E-state index contributed by atoms with van der Waals surface area (Å²) in [5.41, 5.74) is -0.557. The van der Waals surface area contributed by atoms with E-state index in [1.165, 1.54) is 0 Å². The van der Waals surface area contributed by atoms with Crippen molar-refractivity contribution in [3.63, 3.8) is 0 Å². The second-order valence-corrected chi connectivity index (χ2v) is 5.48. The molecule has 0 aromatic rings. The molecule has 1 unspecified atom stereocenters. The van der Waals surface area contributed by atoms with Gasteiger partial charge < -0.3 is 9.84 Å². The summed E-state index contributed by atoms with van der Waals surface area (Å²) in [5, 5.41) is 9.37. The summed E-state index contributed by atoms with van der Waals surface area (Å²) in [6, 6.07) is 0. The molecule has 16 heavy (non-hydrogen) atoms. The lowest BCUT2D eigenvalue weighted by Gasteiger charge is -2.32. The van der Waals surface area contributed by atoms with Crippen LogP contribution in [0.3, 0.4) is 0 Å². The standard InChI is InChI=1S/C12H20O4/c1-7-9(6-5-8(13)10(7)14)16-11(15)12(2,3)4/h7-9,13H,5-6H2,1-4H3/t7-,8?,9+/m1/s1. The van der Waals surface area contributed by atoms with E-state index < -0.39 is 17.4 Å². The highest BCUT2D eigenvalue weighted by atomic mass is 16.5. The van der Waals surface area contributed by atoms with Gasteiger partial charge in [0.25, 0.3) is 0 Å². The maximum atomic E-state index is 11.7. The average Bonchev–Trinajstić information content (AvgIpc) is 2.17. The molecule has 4 heteroatoms. The van der Waals surface area contributed by atoms with Crippen LogP contribution in [-0.4, -0.2) is 29.1 Å². The largest absolute Gasteiger partial charge is 0.461 e. The Morgan fingerprint density at radius 1 is 1.38 bits per heavy atom. The fourth-order valence-corrected chi connectivity index (χ4v) is 1.68. The Balaban J connectivity index is 2.63. The van der Waals surface area contributed by atoms with Crippen molar-refractivity contribution in [2.75, 3.05) is 0 Å². The van der Waals surface area contributed by atoms with Gasteiger partial charge in [0.2, 0.25) is 0 Å². The quantitative estimate of drug-likeness (QED) is 0.687. The molecule has 4 nitrogen and oxygen atoms in total. The molecule has 92 valence electrons. The third-order valence-electron chi connectivity index (χ3n) is 2.93. The zero-order valence-electron chi connectivity index (χ0n) is 10.3. The van der Waals surface area contributed by atoms with Gasteiger partial charge in [-0.25, -0.2) is 0 Å². The zero-order chi connectivity index (χ0) is 12.5. The van der Waals surface area contributed by atoms with Gasteiger partial charge in [0.15, 0.2) is 5.78 Å². The van der Waals surface area contributed by atoms with E-state index in [0.717, 1.165) is 0 Å². The number of carbonyl (C=O) groups is 2. The SMILES string of the molecule is C[C@H]1C(=O)C(O)CC[C@@H]1OC(=O)C(C)(C)C. The van der Waals surface area contributed by atoms with E-state index in [4.69, 9.17) is 4.74 Å². The number of carbonyl (C=O) groups excluding carboxylic acids is 2. The normalized spacial score (nSPS) is 31.3. The average molecular weight is 228 g/mol. The third kappa shape index (κ3) is 2.82. The predicted octanol–water partition coefficient (Wildman–Crippen LogP) is 1.30. The van der Waals surface area contributed by atoms with Gasteiger partial charge >= 0.3 is 5.97 Å². The summed E-state index contributed by atoms with van der Waals surface area (Å²) in [6.45, 7) is 7.03. The van der Waals surface area contributed by atoms with Crippen LogP contribution >= 0.6 is 0 Å². The first kappa shape index (κ1) is 13.2. The van der Waals surface area contributed by atoms with Crippen molar-refractivity contribution >= 4 is 11.8 Å². The molecule has 0 aromatic carbocycles. The molecule has 1 aliphatic rings. The van der Waals surface area contributed by atoms with Crippen LogP contribution in [0.5, 0.6) is 0 Å². The molecule has 0 radical (unpaired) electrons. The first-order valence-electron chi connectivity index (χ1n) is 5.66. The van der Waals surface area contributed by atoms with Crippen LogP contribution in [0, 0.1) is 11.3 Å². The Hall–Kier alpha value is -0.900. The number of ketones is 1. The fourth-order valence-electron chi connectivity index (χ4n) is 1.68. The predicted molar refractivity (Wildman–Crippen MR) is 58.7 cm³/mol. The summed E-state index contributed by atoms with van der Waals surface area (Å²) >= 11 is 0. The molecule has 0 spiro atoms. The molecular formula is C12H20O4. The second-order valence-electron chi connectivity index (χ2n) is 5.48. The number of hydrogen-bond acceptors (Lipinski definition) is 4. The zero-order valence-corrected chi connectivity index (χ0v) is 10.3. The molecule has 1 rings (SSSR count). The van der Waals surface area contributed by atoms with Gasteiger partial charge in [-0.05, 0) is 33.6 Å². The molecule has 0 heterocycles. The van der Waals surface area contributed by atoms with E-state index in [1.54, 1.807) is 27.7 Å². The van der Waals surface area contributed by atoms with Crippen LogP contribution in [0.2, 0.25) is 0 Å². The topological polar surface area (TPSA) is 63.6 Å². The van der Waals surface area contributed by atoms with Crippen molar-refractivity contribution in [3.05, 3.63) is 0 Å². The van der Waals surface area contributed by atoms with E-state index in [1.807, 2.05) is 0 Å². The fraction of sp³-hybridized carbons (Fsp3) is 0.833. The van der Waals surface area contributed by atoms with Crippen molar-refractivity contribution in [3.8, 4) is 0 Å². The number of aliphatic hydroxyl groups is 1. The van der Waals surface area contributed by atoms with Crippen LogP contribution in [0.1, 0.15) is 40.5 Å². The van der Waals surface area contributed by atoms with Gasteiger partial charge in [0, 0.05) is 0 Å². The minimum absolute atomic E-state index is 0.224. The minimum Gasteiger partial charge on any atom is -0.461 e. The summed E-state index contributed by atoms with van der Waals surface area (Å²) in [7, 11) is 0. The van der Waals surface area contributed by atoms with Crippen LogP contribution in [0.15, 0.2) is 0 Å². The maximum Gasteiger partial charge on any atom is 0.311 e. The molecule has 0 aromatic heterocycles. The molecule has 0 bridgehead atoms. The van der Waals surface area contributed by atoms with E-state index in [0.29, 0.717) is 12.8 Å². The van der Waals surface area contributed by atoms with Crippen LogP contribution in [0.25, 0.3) is 0 Å². The molecule has 3 atom stereocenters. The molecule has 0 aliphatic heterocycles. The number of rotatable bonds is 1. The lowest BCUT2D eigenvalue weighted by molar-refractivity contribution is -0.166. The van der Waals surface area contributed by atoms with E-state index in [-0.39, 0.29) is 17.9 Å². The number of aliphatic hydroxyl groups excluding tert-OH is 1. The van der Waals surface area contributed by atoms with Gasteiger partial charge in [0.1, 0.15) is 12.2 Å². The third-order valence-corrected chi connectivity index (χ3v) is 2.93. The Morgan fingerprint density at radius 3 is 2.44 bits per heavy atom. The lowest BCUT2D eigenvalue weighted by atomic mass is 9.84. The molecular weight excluding hydrogens is 208 g/mol. The van der Waals surface area contributed by atoms with Gasteiger partial charge in [-0.1, -0.05) is 6.92 Å². The summed E-state index contributed by atoms with van der Waals surface area (Å²) in [4.78, 5) is 23.2. The van der Waals surface area contributed by atoms with Crippen molar-refractivity contribution in [2.24, 2.45) is 11.3 Å². The first-order chi connectivity index (χ1) is 7.23. The van der Waals surface area contributed by atoms with Gasteiger partial charge in [-0.2, -0.15) is 0 Å². The number of hydrogen-bond donors (Lipinski definition) is 1. The van der Waals surface area contributed by atoms with Crippen LogP contribution in [0.4, 0.5) is 0 Å². The number of Topliss-reactive ketones (excluding diaryl/α,β-unsaturated/α-hetero) is 1. The van der Waals surface area contributed by atoms with Crippen molar-refractivity contribution in [2.45, 2.75) is 52.7 Å².